The Bertz CT molecular complexity index is 237. The number of hydrogen-bond acceptors (Lipinski definition) is 2. The lowest BCUT2D eigenvalue weighted by Crippen LogP contribution is -1.82. The van der Waals surface area contributed by atoms with Crippen molar-refractivity contribution < 1.29 is 5.11 Å². The van der Waals surface area contributed by atoms with E-state index in [9.17, 15) is 0 Å². The van der Waals surface area contributed by atoms with Gasteiger partial charge < -0.3 is 10.4 Å². The molecular weight excluding hydrogens is 150 g/mol. The highest BCUT2D eigenvalue weighted by Gasteiger charge is 1.96. The van der Waals surface area contributed by atoms with Gasteiger partial charge in [0.25, 0.3) is 0 Å². The third-order valence-electron chi connectivity index (χ3n) is 1.15. The van der Waals surface area contributed by atoms with Gasteiger partial charge in [-0.05, 0) is 18.2 Å². The Morgan fingerprint density at radius 3 is 2.70 bits per heavy atom. The van der Waals surface area contributed by atoms with Gasteiger partial charge in [0, 0.05) is 12.7 Å². The highest BCUT2D eigenvalue weighted by Crippen LogP contribution is 2.25. The van der Waals surface area contributed by atoms with E-state index in [-0.39, 0.29) is 5.75 Å². The van der Waals surface area contributed by atoms with Crippen molar-refractivity contribution in [1.29, 1.82) is 0 Å². The molecule has 2 N–H and O–H groups in total. The predicted octanol–water partition coefficient (Wildman–Crippen LogP) is 2.25. The zero-order chi connectivity index (χ0) is 7.56. The summed E-state index contributed by atoms with van der Waals surface area (Å²) in [6, 6.07) is 4.80. The maximum absolute atomic E-state index is 8.96. The number of aromatic hydroxyl groups is 1. The van der Waals surface area contributed by atoms with Gasteiger partial charge in [-0.1, -0.05) is 11.6 Å². The number of phenols is 1. The number of anilines is 1. The number of halogens is 1. The first kappa shape index (κ1) is 7.22. The molecule has 0 spiro atoms. The summed E-state index contributed by atoms with van der Waals surface area (Å²) >= 11 is 5.57. The van der Waals surface area contributed by atoms with E-state index in [0.717, 1.165) is 5.69 Å². The van der Waals surface area contributed by atoms with Gasteiger partial charge >= 0.3 is 0 Å². The first-order chi connectivity index (χ1) is 4.74. The lowest BCUT2D eigenvalue weighted by atomic mass is 10.3. The molecule has 1 radical (unpaired) electrons. The smallest absolute Gasteiger partial charge is 0.134 e. The lowest BCUT2D eigenvalue weighted by Gasteiger charge is -2.00. The third kappa shape index (κ3) is 1.33. The van der Waals surface area contributed by atoms with Gasteiger partial charge in [0.2, 0.25) is 0 Å². The zero-order valence-electron chi connectivity index (χ0n) is 5.26. The molecule has 0 bridgehead atoms. The lowest BCUT2D eigenvalue weighted by molar-refractivity contribution is 0.475. The highest BCUT2D eigenvalue weighted by atomic mass is 35.5. The highest BCUT2D eigenvalue weighted by molar-refractivity contribution is 6.32. The molecule has 3 heteroatoms. The zero-order valence-corrected chi connectivity index (χ0v) is 6.02. The number of phenolic OH excluding ortho intramolecular Hbond substituents is 1. The molecule has 0 unspecified atom stereocenters. The fourth-order valence-electron chi connectivity index (χ4n) is 0.617. The summed E-state index contributed by atoms with van der Waals surface area (Å²) in [6.07, 6.45) is 0. The Balaban J connectivity index is 3.04. The Hall–Kier alpha value is -0.890. The maximum atomic E-state index is 8.96. The van der Waals surface area contributed by atoms with Gasteiger partial charge in [-0.2, -0.15) is 0 Å². The van der Waals surface area contributed by atoms with Crippen LogP contribution in [0.2, 0.25) is 5.02 Å². The minimum atomic E-state index is 0.0840. The Morgan fingerprint density at radius 2 is 2.20 bits per heavy atom. The second kappa shape index (κ2) is 2.80. The summed E-state index contributed by atoms with van der Waals surface area (Å²) in [5.74, 6) is 0.0840. The molecule has 0 aliphatic heterocycles. The standard InChI is InChI=1S/C7H7ClNO/c1-9-5-2-3-7(10)6(8)4-5/h2-4,9-10H,1H2. The number of benzene rings is 1. The molecule has 1 aromatic rings. The van der Waals surface area contributed by atoms with E-state index in [4.69, 9.17) is 16.7 Å². The molecule has 0 saturated heterocycles. The van der Waals surface area contributed by atoms with Crippen LogP contribution in [0.4, 0.5) is 5.69 Å². The van der Waals surface area contributed by atoms with E-state index in [1.54, 1.807) is 12.1 Å². The van der Waals surface area contributed by atoms with Gasteiger partial charge in [-0.3, -0.25) is 0 Å². The summed E-state index contributed by atoms with van der Waals surface area (Å²) in [6.45, 7) is 0. The van der Waals surface area contributed by atoms with Crippen LogP contribution in [0.1, 0.15) is 0 Å². The normalized spacial score (nSPS) is 9.40. The Kier molecular flexibility index (Phi) is 2.02. The number of hydrogen-bond donors (Lipinski definition) is 2. The summed E-state index contributed by atoms with van der Waals surface area (Å²) in [7, 11) is 3.44. The van der Waals surface area contributed by atoms with E-state index < -0.39 is 0 Å². The quantitative estimate of drug-likeness (QED) is 0.612. The molecule has 0 atom stereocenters. The van der Waals surface area contributed by atoms with Crippen molar-refractivity contribution in [3.05, 3.63) is 30.3 Å². The van der Waals surface area contributed by atoms with Crippen LogP contribution in [0.5, 0.6) is 5.75 Å². The van der Waals surface area contributed by atoms with Crippen molar-refractivity contribution in [2.75, 3.05) is 5.32 Å². The largest absolute Gasteiger partial charge is 0.506 e. The van der Waals surface area contributed by atoms with Crippen molar-refractivity contribution in [1.82, 2.24) is 0 Å². The molecule has 2 nitrogen and oxygen atoms in total. The molecule has 1 aromatic carbocycles. The van der Waals surface area contributed by atoms with Crippen LogP contribution in [0.15, 0.2) is 18.2 Å². The monoisotopic (exact) mass is 156 g/mol. The fraction of sp³-hybridized carbons (Fsp3) is 0. The van der Waals surface area contributed by atoms with Crippen LogP contribution in [-0.2, 0) is 0 Å². The Labute approximate surface area is 64.4 Å². The molecule has 10 heavy (non-hydrogen) atoms. The van der Waals surface area contributed by atoms with E-state index in [1.807, 2.05) is 0 Å². The van der Waals surface area contributed by atoms with Crippen LogP contribution in [0.25, 0.3) is 0 Å². The number of rotatable bonds is 1. The van der Waals surface area contributed by atoms with Gasteiger partial charge in [-0.25, -0.2) is 0 Å². The van der Waals surface area contributed by atoms with Crippen LogP contribution >= 0.6 is 11.6 Å². The van der Waals surface area contributed by atoms with Gasteiger partial charge in [0.15, 0.2) is 0 Å². The van der Waals surface area contributed by atoms with Gasteiger partial charge in [0.05, 0.1) is 5.02 Å². The van der Waals surface area contributed by atoms with E-state index >= 15 is 0 Å². The van der Waals surface area contributed by atoms with Crippen molar-refractivity contribution in [3.8, 4) is 5.75 Å². The predicted molar refractivity (Wildman–Crippen MR) is 42.1 cm³/mol. The second-order valence-corrected chi connectivity index (χ2v) is 2.25. The fourth-order valence-corrected chi connectivity index (χ4v) is 0.797. The minimum Gasteiger partial charge on any atom is -0.506 e. The summed E-state index contributed by atoms with van der Waals surface area (Å²) in [5.41, 5.74) is 0.780. The summed E-state index contributed by atoms with van der Waals surface area (Å²) < 4.78 is 0. The number of nitrogens with one attached hydrogen (secondary N) is 1. The first-order valence-electron chi connectivity index (χ1n) is 2.75. The molecule has 53 valence electrons. The third-order valence-corrected chi connectivity index (χ3v) is 1.45. The molecule has 0 fully saturated rings. The van der Waals surface area contributed by atoms with E-state index in [1.165, 1.54) is 6.07 Å². The van der Waals surface area contributed by atoms with Gasteiger partial charge in [0.1, 0.15) is 5.75 Å². The second-order valence-electron chi connectivity index (χ2n) is 1.84. The molecule has 0 aliphatic rings. The van der Waals surface area contributed by atoms with Crippen LogP contribution in [-0.4, -0.2) is 5.11 Å². The topological polar surface area (TPSA) is 32.3 Å². The molecule has 0 aromatic heterocycles. The average Bonchev–Trinajstić information content (AvgIpc) is 1.95. The van der Waals surface area contributed by atoms with Crippen molar-refractivity contribution in [2.45, 2.75) is 0 Å². The summed E-state index contributed by atoms with van der Waals surface area (Å²) in [4.78, 5) is 0. The molecule has 1 rings (SSSR count). The van der Waals surface area contributed by atoms with Crippen LogP contribution in [0.3, 0.4) is 0 Å². The van der Waals surface area contributed by atoms with Crippen molar-refractivity contribution in [3.63, 3.8) is 0 Å². The van der Waals surface area contributed by atoms with Crippen molar-refractivity contribution >= 4 is 17.3 Å². The minimum absolute atomic E-state index is 0.0840. The van der Waals surface area contributed by atoms with Crippen LogP contribution in [0, 0.1) is 7.05 Å². The maximum Gasteiger partial charge on any atom is 0.134 e. The van der Waals surface area contributed by atoms with E-state index in [2.05, 4.69) is 12.4 Å². The molecular formula is C7H7ClNO. The SMILES string of the molecule is [CH2]Nc1ccc(O)c(Cl)c1. The molecule has 0 aliphatic carbocycles. The Morgan fingerprint density at radius 1 is 1.50 bits per heavy atom. The summed E-state index contributed by atoms with van der Waals surface area (Å²) in [5, 5.41) is 11.9. The molecule has 0 amide bonds. The molecule has 0 saturated carbocycles. The van der Waals surface area contributed by atoms with Crippen molar-refractivity contribution in [2.24, 2.45) is 0 Å². The van der Waals surface area contributed by atoms with Crippen LogP contribution < -0.4 is 5.32 Å². The average molecular weight is 157 g/mol. The molecule has 0 heterocycles. The van der Waals surface area contributed by atoms with Gasteiger partial charge in [-0.15, -0.1) is 0 Å². The van der Waals surface area contributed by atoms with E-state index in [0.29, 0.717) is 5.02 Å². The first-order valence-corrected chi connectivity index (χ1v) is 3.13.